The monoisotopic (exact) mass is 320 g/mol. The van der Waals surface area contributed by atoms with Crippen LogP contribution in [0.2, 0.25) is 6.32 Å². The van der Waals surface area contributed by atoms with Crippen LogP contribution in [0, 0.1) is 0 Å². The molecule has 0 bridgehead atoms. The largest absolute Gasteiger partial charge is 1.00 e. The fourth-order valence-corrected chi connectivity index (χ4v) is 2.38. The first-order chi connectivity index (χ1) is 9.48. The zero-order valence-corrected chi connectivity index (χ0v) is 16.4. The molecule has 2 heterocycles. The molecule has 0 radical (unpaired) electrons. The maximum atomic E-state index is 11.4. The number of rotatable bonds is 2. The zero-order valence-electron chi connectivity index (χ0n) is 12.4. The van der Waals surface area contributed by atoms with Gasteiger partial charge in [0.15, 0.2) is 0 Å². The molecular weight excluding hydrogens is 309 g/mol. The van der Waals surface area contributed by atoms with Crippen molar-refractivity contribution in [3.05, 3.63) is 35.5 Å². The topological polar surface area (TPSA) is 119 Å². The second-order valence-electron chi connectivity index (χ2n) is 4.75. The summed E-state index contributed by atoms with van der Waals surface area (Å²) in [7, 11) is 0. The van der Waals surface area contributed by atoms with Gasteiger partial charge in [-0.15, -0.1) is 0 Å². The van der Waals surface area contributed by atoms with Crippen molar-refractivity contribution in [1.29, 1.82) is 0 Å². The Morgan fingerprint density at radius 2 is 2.05 bits per heavy atom. The zero-order chi connectivity index (χ0) is 14.3. The van der Waals surface area contributed by atoms with Gasteiger partial charge in [-0.25, -0.2) is 0 Å². The minimum atomic E-state index is -3.03. The Morgan fingerprint density at radius 3 is 2.64 bits per heavy atom. The number of H-pyrrole nitrogens is 1. The molecule has 0 saturated carbocycles. The molecule has 0 amide bonds. The average Bonchev–Trinajstić information content (AvgIpc) is 2.89. The predicted octanol–water partition coefficient (Wildman–Crippen LogP) is -6.69. The van der Waals surface area contributed by atoms with Crippen molar-refractivity contribution < 1.29 is 83.7 Å². The number of carbonyl (C=O) groups excluding carboxylic acids is 1. The molecular formula is C12H11BN2Na2O5. The second kappa shape index (κ2) is 7.50. The molecule has 2 aromatic rings. The van der Waals surface area contributed by atoms with Gasteiger partial charge in [0.1, 0.15) is 0 Å². The maximum absolute atomic E-state index is 11.4. The fourth-order valence-electron chi connectivity index (χ4n) is 2.38. The summed E-state index contributed by atoms with van der Waals surface area (Å²) in [4.78, 5) is 11.4. The number of hydrogen-bond acceptors (Lipinski definition) is 6. The van der Waals surface area contributed by atoms with E-state index in [9.17, 15) is 19.9 Å². The van der Waals surface area contributed by atoms with E-state index in [4.69, 9.17) is 4.65 Å². The van der Waals surface area contributed by atoms with Crippen LogP contribution in [-0.2, 0) is 6.42 Å². The number of aromatic nitrogens is 2. The molecule has 1 aliphatic heterocycles. The Kier molecular flexibility index (Phi) is 6.73. The van der Waals surface area contributed by atoms with Crippen LogP contribution in [0.3, 0.4) is 0 Å². The van der Waals surface area contributed by atoms with Gasteiger partial charge in [-0.05, 0) is 18.1 Å². The van der Waals surface area contributed by atoms with Crippen molar-refractivity contribution in [2.45, 2.75) is 12.7 Å². The third-order valence-electron chi connectivity index (χ3n) is 3.33. The summed E-state index contributed by atoms with van der Waals surface area (Å²) in [5, 5.41) is 37.1. The van der Waals surface area contributed by atoms with E-state index in [2.05, 4.69) is 10.2 Å². The van der Waals surface area contributed by atoms with Crippen LogP contribution in [0.4, 0.5) is 0 Å². The van der Waals surface area contributed by atoms with Crippen molar-refractivity contribution in [1.82, 2.24) is 10.2 Å². The molecule has 0 unspecified atom stereocenters. The molecule has 0 spiro atoms. The van der Waals surface area contributed by atoms with Gasteiger partial charge in [0.25, 0.3) is 0 Å². The van der Waals surface area contributed by atoms with Crippen molar-refractivity contribution in [2.24, 2.45) is 0 Å². The first-order valence-corrected chi connectivity index (χ1v) is 6.14. The van der Waals surface area contributed by atoms with Crippen molar-refractivity contribution in [2.75, 3.05) is 0 Å². The number of carboxylic acids is 1. The Balaban J connectivity index is 0.00000121. The van der Waals surface area contributed by atoms with Crippen LogP contribution in [0.1, 0.15) is 15.9 Å². The van der Waals surface area contributed by atoms with Crippen LogP contribution in [0.5, 0.6) is 5.75 Å². The molecule has 0 saturated heterocycles. The summed E-state index contributed by atoms with van der Waals surface area (Å²) in [5.74, 6) is -1.49. The van der Waals surface area contributed by atoms with E-state index in [0.717, 1.165) is 0 Å². The second-order valence-corrected chi connectivity index (χ2v) is 4.75. The third kappa shape index (κ3) is 3.77. The van der Waals surface area contributed by atoms with Gasteiger partial charge in [-0.2, -0.15) is 5.10 Å². The number of aryl methyl sites for hydroxylation is 1. The minimum absolute atomic E-state index is 0. The number of fused-ring (bicyclic) bond motifs is 1. The SMILES string of the molecule is O=C([O-])c1c(-c2ccn[nH]2)ccc2c1O[B-](O)(O)CC2.[Na+].[Na+]. The Bertz CT molecular complexity index is 678. The van der Waals surface area contributed by atoms with E-state index in [-0.39, 0.29) is 76.7 Å². The van der Waals surface area contributed by atoms with E-state index in [1.807, 2.05) is 0 Å². The summed E-state index contributed by atoms with van der Waals surface area (Å²) in [5.41, 5.74) is 1.21. The van der Waals surface area contributed by atoms with E-state index in [0.29, 0.717) is 23.2 Å². The number of hydrogen-bond donors (Lipinski definition) is 3. The average molecular weight is 320 g/mol. The third-order valence-corrected chi connectivity index (χ3v) is 3.33. The van der Waals surface area contributed by atoms with Crippen LogP contribution < -0.4 is 68.9 Å². The maximum Gasteiger partial charge on any atom is 1.00 e. The number of aromatic carboxylic acids is 1. The first-order valence-electron chi connectivity index (χ1n) is 6.14. The molecule has 3 rings (SSSR count). The number of benzene rings is 1. The van der Waals surface area contributed by atoms with Crippen molar-refractivity contribution in [3.63, 3.8) is 0 Å². The minimum Gasteiger partial charge on any atom is -0.669 e. The van der Waals surface area contributed by atoms with Gasteiger partial charge < -0.3 is 24.6 Å². The molecule has 0 fully saturated rings. The number of aromatic amines is 1. The van der Waals surface area contributed by atoms with E-state index < -0.39 is 12.7 Å². The molecule has 1 aromatic carbocycles. The Hall–Kier alpha value is -0.315. The van der Waals surface area contributed by atoms with Gasteiger partial charge in [-0.3, -0.25) is 5.10 Å². The Morgan fingerprint density at radius 1 is 1.32 bits per heavy atom. The van der Waals surface area contributed by atoms with E-state index in [1.54, 1.807) is 18.2 Å². The van der Waals surface area contributed by atoms with Crippen molar-refractivity contribution >= 4 is 12.7 Å². The molecule has 0 aliphatic carbocycles. The van der Waals surface area contributed by atoms with Crippen LogP contribution in [0.25, 0.3) is 11.3 Å². The molecule has 104 valence electrons. The summed E-state index contributed by atoms with van der Waals surface area (Å²) in [6.07, 6.45) is 1.84. The molecule has 7 nitrogen and oxygen atoms in total. The van der Waals surface area contributed by atoms with Crippen LogP contribution in [0.15, 0.2) is 24.4 Å². The first kappa shape index (κ1) is 19.7. The molecule has 1 aliphatic rings. The summed E-state index contributed by atoms with van der Waals surface area (Å²) in [6, 6.07) is 4.92. The van der Waals surface area contributed by atoms with Gasteiger partial charge in [0, 0.05) is 17.3 Å². The van der Waals surface area contributed by atoms with E-state index in [1.165, 1.54) is 6.20 Å². The number of nitrogens with one attached hydrogen (secondary N) is 1. The van der Waals surface area contributed by atoms with Gasteiger partial charge in [0.2, 0.25) is 0 Å². The normalized spacial score (nSPS) is 14.8. The van der Waals surface area contributed by atoms with Gasteiger partial charge >= 0.3 is 65.9 Å². The van der Waals surface area contributed by atoms with Crippen molar-refractivity contribution in [3.8, 4) is 17.0 Å². The number of nitrogens with zero attached hydrogens (tertiary/aromatic N) is 1. The fraction of sp³-hybridized carbons (Fsp3) is 0.167. The smallest absolute Gasteiger partial charge is 0.669 e. The molecule has 3 N–H and O–H groups in total. The summed E-state index contributed by atoms with van der Waals surface area (Å²) in [6.45, 7) is -3.03. The summed E-state index contributed by atoms with van der Waals surface area (Å²) < 4.78 is 5.07. The van der Waals surface area contributed by atoms with Crippen LogP contribution in [-0.4, -0.2) is 33.0 Å². The number of carboxylic acid groups (broad SMARTS) is 1. The molecule has 0 atom stereocenters. The summed E-state index contributed by atoms with van der Waals surface area (Å²) >= 11 is 0. The molecule has 1 aromatic heterocycles. The Labute approximate surface area is 170 Å². The number of carbonyl (C=O) groups is 1. The van der Waals surface area contributed by atoms with E-state index >= 15 is 0 Å². The van der Waals surface area contributed by atoms with Gasteiger partial charge in [-0.1, -0.05) is 18.5 Å². The molecule has 10 heteroatoms. The van der Waals surface area contributed by atoms with Gasteiger partial charge in [0.05, 0.1) is 17.4 Å². The quantitative estimate of drug-likeness (QED) is 0.474. The predicted molar refractivity (Wildman–Crippen MR) is 67.7 cm³/mol. The standard InChI is InChI=1S/C12H12BN2O5.2Na/c16-12(17)10-8(9-4-6-14-15-9)2-1-7-3-5-13(18,19)20-11(7)10;;/h1-2,4,6,18-19H,3,5H2,(H,14,15)(H,16,17);;/q-1;2*+1/p-1. The molecule has 22 heavy (non-hydrogen) atoms. The van der Waals surface area contributed by atoms with Crippen LogP contribution >= 0.6 is 0 Å².